The van der Waals surface area contributed by atoms with Crippen LogP contribution in [0, 0.1) is 0 Å². The predicted octanol–water partition coefficient (Wildman–Crippen LogP) is 2.56. The Kier molecular flexibility index (Phi) is 3.41. The number of nitrogens with one attached hydrogen (secondary N) is 1. The van der Waals surface area contributed by atoms with Gasteiger partial charge < -0.3 is 15.0 Å². The molecule has 0 aliphatic carbocycles. The molecule has 0 radical (unpaired) electrons. The first-order valence-corrected chi connectivity index (χ1v) is 8.10. The number of benzene rings is 1. The number of hydrogen-bond acceptors (Lipinski definition) is 3. The summed E-state index contributed by atoms with van der Waals surface area (Å²) in [6.45, 7) is 2.34. The molecule has 2 bridgehead atoms. The van der Waals surface area contributed by atoms with Crippen LogP contribution in [0.15, 0.2) is 30.3 Å². The van der Waals surface area contributed by atoms with Crippen LogP contribution in [0.4, 0.5) is 5.69 Å². The van der Waals surface area contributed by atoms with Crippen molar-refractivity contribution in [3.63, 3.8) is 0 Å². The number of fused-ring (bicyclic) bond motifs is 2. The average molecular weight is 272 g/mol. The molecule has 3 heteroatoms. The molecule has 3 aliphatic rings. The number of para-hydroxylation sites is 1. The Morgan fingerprint density at radius 1 is 1.00 bits per heavy atom. The molecule has 0 saturated carbocycles. The van der Waals surface area contributed by atoms with Gasteiger partial charge in [0.25, 0.3) is 0 Å². The highest BCUT2D eigenvalue weighted by atomic mass is 16.5. The molecule has 0 aromatic heterocycles. The third kappa shape index (κ3) is 2.45. The molecular formula is C17H24N2O. The molecule has 4 rings (SSSR count). The lowest BCUT2D eigenvalue weighted by Crippen LogP contribution is -2.49. The molecule has 1 aromatic rings. The zero-order chi connectivity index (χ0) is 13.4. The SMILES string of the molecule is c1ccc(N2CCC(N[C@@H]3C[C@H]4CC[C@@H]3O4)CC2)cc1. The Labute approximate surface area is 121 Å². The highest BCUT2D eigenvalue weighted by Crippen LogP contribution is 2.35. The van der Waals surface area contributed by atoms with E-state index in [0.717, 1.165) is 0 Å². The predicted molar refractivity (Wildman–Crippen MR) is 81.1 cm³/mol. The molecule has 3 fully saturated rings. The van der Waals surface area contributed by atoms with Gasteiger partial charge in [-0.3, -0.25) is 0 Å². The third-order valence-electron chi connectivity index (χ3n) is 5.17. The van der Waals surface area contributed by atoms with Gasteiger partial charge in [0.1, 0.15) is 0 Å². The van der Waals surface area contributed by atoms with Gasteiger partial charge in [0, 0.05) is 30.9 Å². The van der Waals surface area contributed by atoms with Crippen molar-refractivity contribution in [3.05, 3.63) is 30.3 Å². The van der Waals surface area contributed by atoms with Crippen molar-refractivity contribution >= 4 is 5.69 Å². The first kappa shape index (κ1) is 12.7. The van der Waals surface area contributed by atoms with Crippen LogP contribution in [0.2, 0.25) is 0 Å². The summed E-state index contributed by atoms with van der Waals surface area (Å²) in [7, 11) is 0. The van der Waals surface area contributed by atoms with E-state index in [9.17, 15) is 0 Å². The van der Waals surface area contributed by atoms with E-state index in [0.29, 0.717) is 24.3 Å². The normalized spacial score (nSPS) is 33.8. The van der Waals surface area contributed by atoms with E-state index in [4.69, 9.17) is 4.74 Å². The molecule has 3 nitrogen and oxygen atoms in total. The number of piperidine rings is 1. The lowest BCUT2D eigenvalue weighted by atomic mass is 9.93. The first-order chi connectivity index (χ1) is 9.88. The van der Waals surface area contributed by atoms with E-state index in [1.54, 1.807) is 0 Å². The number of ether oxygens (including phenoxy) is 1. The van der Waals surface area contributed by atoms with Crippen LogP contribution in [0.5, 0.6) is 0 Å². The maximum atomic E-state index is 5.94. The maximum absolute atomic E-state index is 5.94. The summed E-state index contributed by atoms with van der Waals surface area (Å²) >= 11 is 0. The Balaban J connectivity index is 1.29. The molecule has 0 unspecified atom stereocenters. The third-order valence-corrected chi connectivity index (χ3v) is 5.17. The van der Waals surface area contributed by atoms with E-state index >= 15 is 0 Å². The largest absolute Gasteiger partial charge is 0.373 e. The quantitative estimate of drug-likeness (QED) is 0.915. The van der Waals surface area contributed by atoms with Crippen LogP contribution in [-0.2, 0) is 4.74 Å². The van der Waals surface area contributed by atoms with Gasteiger partial charge in [0.05, 0.1) is 12.2 Å². The van der Waals surface area contributed by atoms with Crippen molar-refractivity contribution in [3.8, 4) is 0 Å². The topological polar surface area (TPSA) is 24.5 Å². The molecule has 20 heavy (non-hydrogen) atoms. The number of nitrogens with zero attached hydrogens (tertiary/aromatic N) is 1. The first-order valence-electron chi connectivity index (χ1n) is 8.10. The fraction of sp³-hybridized carbons (Fsp3) is 0.647. The van der Waals surface area contributed by atoms with Crippen LogP contribution >= 0.6 is 0 Å². The van der Waals surface area contributed by atoms with E-state index < -0.39 is 0 Å². The monoisotopic (exact) mass is 272 g/mol. The summed E-state index contributed by atoms with van der Waals surface area (Å²) in [6.07, 6.45) is 7.37. The number of rotatable bonds is 3. The van der Waals surface area contributed by atoms with Crippen molar-refractivity contribution in [2.75, 3.05) is 18.0 Å². The maximum Gasteiger partial charge on any atom is 0.0733 e. The molecule has 1 N–H and O–H groups in total. The van der Waals surface area contributed by atoms with Crippen LogP contribution in [-0.4, -0.2) is 37.4 Å². The van der Waals surface area contributed by atoms with Gasteiger partial charge in [-0.2, -0.15) is 0 Å². The van der Waals surface area contributed by atoms with Gasteiger partial charge in [0.15, 0.2) is 0 Å². The van der Waals surface area contributed by atoms with Crippen molar-refractivity contribution in [1.29, 1.82) is 0 Å². The molecular weight excluding hydrogens is 248 g/mol. The minimum atomic E-state index is 0.507. The van der Waals surface area contributed by atoms with Gasteiger partial charge in [0.2, 0.25) is 0 Å². The van der Waals surface area contributed by atoms with Crippen LogP contribution in [0.1, 0.15) is 32.1 Å². The second kappa shape index (κ2) is 5.38. The second-order valence-electron chi connectivity index (χ2n) is 6.48. The van der Waals surface area contributed by atoms with Gasteiger partial charge in [-0.15, -0.1) is 0 Å². The van der Waals surface area contributed by atoms with E-state index in [1.807, 2.05) is 0 Å². The molecule has 3 saturated heterocycles. The Morgan fingerprint density at radius 3 is 2.45 bits per heavy atom. The van der Waals surface area contributed by atoms with Gasteiger partial charge in [-0.25, -0.2) is 0 Å². The summed E-state index contributed by atoms with van der Waals surface area (Å²) in [4.78, 5) is 2.51. The molecule has 0 spiro atoms. The fourth-order valence-corrected chi connectivity index (χ4v) is 4.06. The summed E-state index contributed by atoms with van der Waals surface area (Å²) in [5, 5.41) is 3.87. The summed E-state index contributed by atoms with van der Waals surface area (Å²) in [6, 6.07) is 12.1. The molecule has 3 heterocycles. The van der Waals surface area contributed by atoms with Crippen molar-refractivity contribution in [2.24, 2.45) is 0 Å². The van der Waals surface area contributed by atoms with E-state index in [1.165, 1.54) is 50.9 Å². The highest BCUT2D eigenvalue weighted by Gasteiger charge is 2.41. The minimum Gasteiger partial charge on any atom is -0.373 e. The number of hydrogen-bond donors (Lipinski definition) is 1. The van der Waals surface area contributed by atoms with Gasteiger partial charge in [-0.05, 0) is 44.2 Å². The van der Waals surface area contributed by atoms with Crippen LogP contribution < -0.4 is 10.2 Å². The lowest BCUT2D eigenvalue weighted by molar-refractivity contribution is 0.0954. The molecule has 3 atom stereocenters. The Bertz CT molecular complexity index is 442. The van der Waals surface area contributed by atoms with Crippen LogP contribution in [0.3, 0.4) is 0 Å². The van der Waals surface area contributed by atoms with Crippen LogP contribution in [0.25, 0.3) is 0 Å². The summed E-state index contributed by atoms with van der Waals surface area (Å²) < 4.78 is 5.94. The molecule has 3 aliphatic heterocycles. The number of anilines is 1. The average Bonchev–Trinajstić information content (AvgIpc) is 3.12. The van der Waals surface area contributed by atoms with Crippen molar-refractivity contribution in [1.82, 2.24) is 5.32 Å². The van der Waals surface area contributed by atoms with Crippen molar-refractivity contribution in [2.45, 2.75) is 56.4 Å². The van der Waals surface area contributed by atoms with Crippen molar-refractivity contribution < 1.29 is 4.74 Å². The molecule has 108 valence electrons. The fourth-order valence-electron chi connectivity index (χ4n) is 4.06. The zero-order valence-corrected chi connectivity index (χ0v) is 12.0. The van der Waals surface area contributed by atoms with E-state index in [2.05, 4.69) is 40.5 Å². The standard InChI is InChI=1S/C17H24N2O/c1-2-4-14(5-3-1)19-10-8-13(9-11-19)18-16-12-15-6-7-17(16)20-15/h1-5,13,15-18H,6-12H2/t15-,16-,17+/m1/s1. The Hall–Kier alpha value is -1.06. The lowest BCUT2D eigenvalue weighted by Gasteiger charge is -2.36. The highest BCUT2D eigenvalue weighted by molar-refractivity contribution is 5.46. The molecule has 0 amide bonds. The van der Waals surface area contributed by atoms with E-state index in [-0.39, 0.29) is 0 Å². The zero-order valence-electron chi connectivity index (χ0n) is 12.0. The summed E-state index contributed by atoms with van der Waals surface area (Å²) in [5.74, 6) is 0. The Morgan fingerprint density at radius 2 is 1.80 bits per heavy atom. The minimum absolute atomic E-state index is 0.507. The van der Waals surface area contributed by atoms with Gasteiger partial charge in [-0.1, -0.05) is 18.2 Å². The molecule has 1 aromatic carbocycles. The second-order valence-corrected chi connectivity index (χ2v) is 6.48. The smallest absolute Gasteiger partial charge is 0.0733 e. The summed E-state index contributed by atoms with van der Waals surface area (Å²) in [5.41, 5.74) is 1.37. The van der Waals surface area contributed by atoms with Gasteiger partial charge >= 0.3 is 0 Å².